The molecule has 2 heterocycles. The smallest absolute Gasteiger partial charge is 0.268 e. The fourth-order valence-corrected chi connectivity index (χ4v) is 3.67. The van der Waals surface area contributed by atoms with Crippen LogP contribution in [0.3, 0.4) is 0 Å². The normalized spacial score (nSPS) is 12.4. The van der Waals surface area contributed by atoms with Crippen LogP contribution in [0.1, 0.15) is 34.8 Å². The van der Waals surface area contributed by atoms with Crippen molar-refractivity contribution in [1.29, 1.82) is 0 Å². The second kappa shape index (κ2) is 6.91. The Morgan fingerprint density at radius 3 is 2.75 bits per heavy atom. The second-order valence-corrected chi connectivity index (χ2v) is 7.58. The predicted molar refractivity (Wildman–Crippen MR) is 109 cm³/mol. The molecule has 1 atom stereocenters. The molecule has 4 rings (SSSR count). The zero-order valence-electron chi connectivity index (χ0n) is 15.1. The first-order valence-electron chi connectivity index (χ1n) is 8.65. The van der Waals surface area contributed by atoms with Crippen LogP contribution in [0.5, 0.6) is 0 Å². The third kappa shape index (κ3) is 3.22. The van der Waals surface area contributed by atoms with Crippen molar-refractivity contribution >= 4 is 43.7 Å². The SMILES string of the molecule is Cc1c(C(C)NC(=O)c2cc(=O)c3cc(Br)ccc3[nH]2)oc2ccc(F)cc12. The lowest BCUT2D eigenvalue weighted by atomic mass is 10.1. The Morgan fingerprint density at radius 1 is 1.18 bits per heavy atom. The number of benzene rings is 2. The van der Waals surface area contributed by atoms with Crippen LogP contribution in [0.4, 0.5) is 4.39 Å². The number of pyridine rings is 1. The third-order valence-corrected chi connectivity index (χ3v) is 5.21. The van der Waals surface area contributed by atoms with E-state index < -0.39 is 11.9 Å². The van der Waals surface area contributed by atoms with E-state index in [1.807, 2.05) is 6.92 Å². The number of fused-ring (bicyclic) bond motifs is 2. The second-order valence-electron chi connectivity index (χ2n) is 6.66. The average molecular weight is 443 g/mol. The molecule has 0 aliphatic rings. The van der Waals surface area contributed by atoms with Gasteiger partial charge in [-0.05, 0) is 50.2 Å². The number of H-pyrrole nitrogens is 1. The van der Waals surface area contributed by atoms with Crippen LogP contribution >= 0.6 is 15.9 Å². The molecule has 2 aromatic heterocycles. The summed E-state index contributed by atoms with van der Waals surface area (Å²) >= 11 is 3.33. The Kier molecular flexibility index (Phi) is 4.55. The number of carbonyl (C=O) groups excluding carboxylic acids is 1. The van der Waals surface area contributed by atoms with Gasteiger partial charge in [0.15, 0.2) is 5.43 Å². The van der Waals surface area contributed by atoms with Gasteiger partial charge in [0.1, 0.15) is 22.9 Å². The van der Waals surface area contributed by atoms with E-state index in [1.54, 1.807) is 31.2 Å². The number of halogens is 2. The van der Waals surface area contributed by atoms with E-state index in [0.29, 0.717) is 27.6 Å². The molecule has 0 bridgehead atoms. The van der Waals surface area contributed by atoms with Gasteiger partial charge >= 0.3 is 0 Å². The molecule has 7 heteroatoms. The fourth-order valence-electron chi connectivity index (χ4n) is 3.31. The number of hydrogen-bond acceptors (Lipinski definition) is 3. The van der Waals surface area contributed by atoms with Gasteiger partial charge in [-0.15, -0.1) is 0 Å². The lowest BCUT2D eigenvalue weighted by Crippen LogP contribution is -2.28. The van der Waals surface area contributed by atoms with Crippen molar-refractivity contribution in [3.05, 3.63) is 80.0 Å². The van der Waals surface area contributed by atoms with Crippen molar-refractivity contribution in [3.63, 3.8) is 0 Å². The van der Waals surface area contributed by atoms with Crippen LogP contribution in [-0.4, -0.2) is 10.9 Å². The molecule has 0 fully saturated rings. The van der Waals surface area contributed by atoms with Crippen LogP contribution in [0.15, 0.2) is 56.1 Å². The number of furan rings is 1. The van der Waals surface area contributed by atoms with Crippen LogP contribution in [0.25, 0.3) is 21.9 Å². The summed E-state index contributed by atoms with van der Waals surface area (Å²) in [7, 11) is 0. The molecule has 0 saturated carbocycles. The first kappa shape index (κ1) is 18.4. The van der Waals surface area contributed by atoms with Crippen LogP contribution in [0, 0.1) is 12.7 Å². The predicted octanol–water partition coefficient (Wildman–Crippen LogP) is 4.98. The van der Waals surface area contributed by atoms with Crippen molar-refractivity contribution in [2.45, 2.75) is 19.9 Å². The average Bonchev–Trinajstić information content (AvgIpc) is 2.98. The minimum atomic E-state index is -0.466. The third-order valence-electron chi connectivity index (χ3n) is 4.71. The Morgan fingerprint density at radius 2 is 1.96 bits per heavy atom. The van der Waals surface area contributed by atoms with E-state index in [-0.39, 0.29) is 16.9 Å². The molecule has 0 radical (unpaired) electrons. The van der Waals surface area contributed by atoms with Crippen molar-refractivity contribution < 1.29 is 13.6 Å². The van der Waals surface area contributed by atoms with Gasteiger partial charge in [0.05, 0.1) is 6.04 Å². The molecule has 28 heavy (non-hydrogen) atoms. The standard InChI is InChI=1S/C21H16BrFN2O3/c1-10-14-8-13(23)4-6-19(14)28-20(10)11(2)24-21(27)17-9-18(26)15-7-12(22)3-5-16(15)25-17/h3-9,11H,1-2H3,(H,24,27)(H,25,26). The van der Waals surface area contributed by atoms with Crippen molar-refractivity contribution in [2.75, 3.05) is 0 Å². The molecule has 0 spiro atoms. The van der Waals surface area contributed by atoms with E-state index >= 15 is 0 Å². The van der Waals surface area contributed by atoms with Crippen molar-refractivity contribution in [1.82, 2.24) is 10.3 Å². The summed E-state index contributed by atoms with van der Waals surface area (Å²) in [5.41, 5.74) is 1.80. The highest BCUT2D eigenvalue weighted by Crippen LogP contribution is 2.30. The minimum Gasteiger partial charge on any atom is -0.459 e. The fraction of sp³-hybridized carbons (Fsp3) is 0.143. The van der Waals surface area contributed by atoms with Crippen molar-refractivity contribution in [2.24, 2.45) is 0 Å². The molecule has 1 unspecified atom stereocenters. The Bertz CT molecular complexity index is 1290. The number of aromatic nitrogens is 1. The minimum absolute atomic E-state index is 0.159. The highest BCUT2D eigenvalue weighted by Gasteiger charge is 2.20. The summed E-state index contributed by atoms with van der Waals surface area (Å²) in [6.45, 7) is 3.59. The monoisotopic (exact) mass is 442 g/mol. The van der Waals surface area contributed by atoms with Gasteiger partial charge in [-0.3, -0.25) is 9.59 Å². The number of rotatable bonds is 3. The number of aryl methyl sites for hydroxylation is 1. The van der Waals surface area contributed by atoms with Gasteiger partial charge in [0.25, 0.3) is 5.91 Å². The summed E-state index contributed by atoms with van der Waals surface area (Å²) < 4.78 is 20.1. The molecule has 2 N–H and O–H groups in total. The van der Waals surface area contributed by atoms with Gasteiger partial charge in [-0.1, -0.05) is 15.9 Å². The van der Waals surface area contributed by atoms with Gasteiger partial charge < -0.3 is 14.7 Å². The van der Waals surface area contributed by atoms with Gasteiger partial charge in [-0.2, -0.15) is 0 Å². The summed E-state index contributed by atoms with van der Waals surface area (Å²) in [6, 6.07) is 10.3. The molecule has 142 valence electrons. The highest BCUT2D eigenvalue weighted by molar-refractivity contribution is 9.10. The Labute approximate surface area is 167 Å². The molecular formula is C21H16BrFN2O3. The number of amides is 1. The Balaban J connectivity index is 1.65. The van der Waals surface area contributed by atoms with Gasteiger partial charge in [0.2, 0.25) is 0 Å². The summed E-state index contributed by atoms with van der Waals surface area (Å²) in [4.78, 5) is 28.0. The lowest BCUT2D eigenvalue weighted by molar-refractivity contribution is 0.0931. The van der Waals surface area contributed by atoms with Gasteiger partial charge in [-0.25, -0.2) is 4.39 Å². The van der Waals surface area contributed by atoms with Crippen LogP contribution in [0.2, 0.25) is 0 Å². The summed E-state index contributed by atoms with van der Waals surface area (Å²) in [5, 5.41) is 3.99. The number of aromatic amines is 1. The molecule has 1 amide bonds. The molecular weight excluding hydrogens is 427 g/mol. The molecule has 0 aliphatic heterocycles. The molecule has 2 aromatic carbocycles. The number of hydrogen-bond donors (Lipinski definition) is 2. The molecule has 0 saturated heterocycles. The van der Waals surface area contributed by atoms with E-state index in [0.717, 1.165) is 10.0 Å². The van der Waals surface area contributed by atoms with Crippen LogP contribution in [-0.2, 0) is 0 Å². The van der Waals surface area contributed by atoms with Gasteiger partial charge in [0, 0.05) is 32.4 Å². The maximum atomic E-state index is 13.5. The number of carbonyl (C=O) groups is 1. The summed E-state index contributed by atoms with van der Waals surface area (Å²) in [5.74, 6) is -0.235. The zero-order chi connectivity index (χ0) is 20.0. The van der Waals surface area contributed by atoms with E-state index in [9.17, 15) is 14.0 Å². The van der Waals surface area contributed by atoms with E-state index in [1.165, 1.54) is 18.2 Å². The topological polar surface area (TPSA) is 75.1 Å². The lowest BCUT2D eigenvalue weighted by Gasteiger charge is -2.13. The highest BCUT2D eigenvalue weighted by atomic mass is 79.9. The number of nitrogens with one attached hydrogen (secondary N) is 2. The molecule has 5 nitrogen and oxygen atoms in total. The first-order chi connectivity index (χ1) is 13.3. The first-order valence-corrected chi connectivity index (χ1v) is 9.45. The maximum absolute atomic E-state index is 13.5. The molecule has 4 aromatic rings. The maximum Gasteiger partial charge on any atom is 0.268 e. The molecule has 0 aliphatic carbocycles. The van der Waals surface area contributed by atoms with E-state index in [4.69, 9.17) is 4.42 Å². The Hall–Kier alpha value is -2.93. The largest absolute Gasteiger partial charge is 0.459 e. The quantitative estimate of drug-likeness (QED) is 0.469. The summed E-state index contributed by atoms with van der Waals surface area (Å²) in [6.07, 6.45) is 0. The van der Waals surface area contributed by atoms with Crippen LogP contribution < -0.4 is 10.7 Å². The zero-order valence-corrected chi connectivity index (χ0v) is 16.7. The van der Waals surface area contributed by atoms with E-state index in [2.05, 4.69) is 26.2 Å². The van der Waals surface area contributed by atoms with Crippen molar-refractivity contribution in [3.8, 4) is 0 Å².